The second kappa shape index (κ2) is 13.3. The first-order chi connectivity index (χ1) is 20.1. The van der Waals surface area contributed by atoms with E-state index in [0.29, 0.717) is 41.7 Å². The number of benzene rings is 3. The molecule has 0 unspecified atom stereocenters. The van der Waals surface area contributed by atoms with Crippen molar-refractivity contribution in [3.05, 3.63) is 94.0 Å². The summed E-state index contributed by atoms with van der Waals surface area (Å²) in [5, 5.41) is 0.515. The van der Waals surface area contributed by atoms with Gasteiger partial charge in [-0.2, -0.15) is 13.2 Å². The van der Waals surface area contributed by atoms with Crippen molar-refractivity contribution in [3.8, 4) is 5.75 Å². The average molecular weight is 649 g/mol. The molecule has 1 amide bonds. The maximum absolute atomic E-state index is 13.9. The van der Waals surface area contributed by atoms with Gasteiger partial charge in [-0.15, -0.1) is 11.8 Å². The Morgan fingerprint density at radius 1 is 1.00 bits per heavy atom. The lowest BCUT2D eigenvalue weighted by atomic mass is 9.99. The van der Waals surface area contributed by atoms with Crippen LogP contribution in [-0.2, 0) is 19.1 Å². The minimum atomic E-state index is -4.54. The van der Waals surface area contributed by atoms with Gasteiger partial charge in [0.05, 0.1) is 10.6 Å². The van der Waals surface area contributed by atoms with Crippen LogP contribution in [0.1, 0.15) is 47.8 Å². The number of piperazine rings is 1. The van der Waals surface area contributed by atoms with Crippen LogP contribution in [-0.4, -0.2) is 56.0 Å². The van der Waals surface area contributed by atoms with E-state index in [1.807, 2.05) is 36.4 Å². The van der Waals surface area contributed by atoms with Crippen LogP contribution in [0, 0.1) is 0 Å². The Labute approximate surface area is 263 Å². The molecule has 3 aromatic rings. The molecular weight excluding hydrogens is 609 g/mol. The fourth-order valence-corrected chi connectivity index (χ4v) is 6.71. The maximum Gasteiger partial charge on any atom is 0.416 e. The highest BCUT2D eigenvalue weighted by Gasteiger charge is 2.40. The normalized spacial score (nSPS) is 16.8. The Morgan fingerprint density at radius 3 is 2.33 bits per heavy atom. The summed E-state index contributed by atoms with van der Waals surface area (Å²) in [7, 11) is -2.16. The van der Waals surface area contributed by atoms with E-state index in [1.54, 1.807) is 17.2 Å². The van der Waals surface area contributed by atoms with Crippen LogP contribution < -0.4 is 4.43 Å². The van der Waals surface area contributed by atoms with Crippen molar-refractivity contribution in [2.45, 2.75) is 69.0 Å². The van der Waals surface area contributed by atoms with Gasteiger partial charge >= 0.3 is 6.18 Å². The van der Waals surface area contributed by atoms with Gasteiger partial charge in [-0.1, -0.05) is 68.8 Å². The van der Waals surface area contributed by atoms with Gasteiger partial charge in [0.25, 0.3) is 14.2 Å². The molecule has 0 saturated carbocycles. The smallest absolute Gasteiger partial charge is 0.416 e. The number of nitrogens with zero attached hydrogens (tertiary/aromatic N) is 2. The standard InChI is InChI=1S/C33H40ClF3N2O2SSi/c1-32(2,3)43(5,6)41-30-17-24(12-13-29(30)34)16-27-22-38(21-23-10-8-7-9-11-23)14-15-39(27)31(40)25-18-26(33(35,36)37)20-28(19-25)42-4/h7-13,17-20,27H,14-16,21-22H2,1-6H3/t27-/m1/s1. The summed E-state index contributed by atoms with van der Waals surface area (Å²) >= 11 is 7.77. The molecule has 0 spiro atoms. The number of hydrogen-bond donors (Lipinski definition) is 0. The SMILES string of the molecule is CSc1cc(C(=O)N2CCN(Cc3ccccc3)C[C@H]2Cc2ccc(Cl)c(O[Si](C)(C)C(C)(C)C)c2)cc(C(F)(F)F)c1. The minimum Gasteiger partial charge on any atom is -0.543 e. The molecule has 0 aliphatic carbocycles. The van der Waals surface area contributed by atoms with Crippen LogP contribution in [0.25, 0.3) is 0 Å². The van der Waals surface area contributed by atoms with Crippen molar-refractivity contribution in [2.75, 3.05) is 25.9 Å². The zero-order chi connectivity index (χ0) is 31.6. The number of amides is 1. The summed E-state index contributed by atoms with van der Waals surface area (Å²) in [6, 6.07) is 19.2. The third-order valence-electron chi connectivity index (χ3n) is 8.43. The zero-order valence-corrected chi connectivity index (χ0v) is 28.2. The molecule has 43 heavy (non-hydrogen) atoms. The van der Waals surface area contributed by atoms with Crippen molar-refractivity contribution >= 4 is 37.6 Å². The summed E-state index contributed by atoms with van der Waals surface area (Å²) < 4.78 is 47.7. The van der Waals surface area contributed by atoms with Crippen molar-refractivity contribution < 1.29 is 22.4 Å². The van der Waals surface area contributed by atoms with Crippen LogP contribution in [0.4, 0.5) is 13.2 Å². The van der Waals surface area contributed by atoms with Gasteiger partial charge in [0.1, 0.15) is 5.75 Å². The Kier molecular flexibility index (Phi) is 10.3. The van der Waals surface area contributed by atoms with Gasteiger partial charge in [-0.25, -0.2) is 0 Å². The minimum absolute atomic E-state index is 0.0164. The molecular formula is C33H40ClF3N2O2SSi. The molecule has 232 valence electrons. The van der Waals surface area contributed by atoms with E-state index in [2.05, 4.69) is 50.9 Å². The van der Waals surface area contributed by atoms with Crippen molar-refractivity contribution in [1.82, 2.24) is 9.80 Å². The molecule has 0 aromatic heterocycles. The molecule has 3 aromatic carbocycles. The van der Waals surface area contributed by atoms with Gasteiger partial charge in [-0.05, 0) is 72.3 Å². The van der Waals surface area contributed by atoms with E-state index in [9.17, 15) is 18.0 Å². The average Bonchev–Trinajstić information content (AvgIpc) is 2.93. The second-order valence-electron chi connectivity index (χ2n) is 12.7. The van der Waals surface area contributed by atoms with Gasteiger partial charge < -0.3 is 9.33 Å². The molecule has 1 saturated heterocycles. The third kappa shape index (κ3) is 8.38. The van der Waals surface area contributed by atoms with E-state index in [1.165, 1.54) is 17.3 Å². The first-order valence-electron chi connectivity index (χ1n) is 14.4. The van der Waals surface area contributed by atoms with Crippen LogP contribution in [0.5, 0.6) is 5.75 Å². The maximum atomic E-state index is 13.9. The highest BCUT2D eigenvalue weighted by molar-refractivity contribution is 7.98. The molecule has 1 aliphatic rings. The summed E-state index contributed by atoms with van der Waals surface area (Å²) in [4.78, 5) is 18.4. The Balaban J connectivity index is 1.66. The molecule has 0 bridgehead atoms. The zero-order valence-electron chi connectivity index (χ0n) is 25.6. The highest BCUT2D eigenvalue weighted by atomic mass is 35.5. The lowest BCUT2D eigenvalue weighted by molar-refractivity contribution is -0.137. The lowest BCUT2D eigenvalue weighted by Crippen LogP contribution is -2.55. The Bertz CT molecular complexity index is 1430. The van der Waals surface area contributed by atoms with Crippen LogP contribution >= 0.6 is 23.4 Å². The first-order valence-corrected chi connectivity index (χ1v) is 18.9. The molecule has 0 radical (unpaired) electrons. The summed E-state index contributed by atoms with van der Waals surface area (Å²) in [6.07, 6.45) is -2.33. The van der Waals surface area contributed by atoms with E-state index in [0.717, 1.165) is 24.2 Å². The largest absolute Gasteiger partial charge is 0.543 e. The Morgan fingerprint density at radius 2 is 1.70 bits per heavy atom. The van der Waals surface area contributed by atoms with Gasteiger partial charge in [0.2, 0.25) is 0 Å². The van der Waals surface area contributed by atoms with E-state index < -0.39 is 26.0 Å². The van der Waals surface area contributed by atoms with Gasteiger partial charge in [0, 0.05) is 42.7 Å². The molecule has 10 heteroatoms. The number of halogens is 4. The molecule has 1 fully saturated rings. The lowest BCUT2D eigenvalue weighted by Gasteiger charge is -2.42. The van der Waals surface area contributed by atoms with Crippen LogP contribution in [0.2, 0.25) is 23.2 Å². The van der Waals surface area contributed by atoms with E-state index in [-0.39, 0.29) is 16.6 Å². The number of carbonyl (C=O) groups excluding carboxylic acids is 1. The number of alkyl halides is 3. The van der Waals surface area contributed by atoms with Crippen molar-refractivity contribution in [2.24, 2.45) is 0 Å². The number of hydrogen-bond acceptors (Lipinski definition) is 4. The summed E-state index contributed by atoms with van der Waals surface area (Å²) in [5.74, 6) is 0.237. The van der Waals surface area contributed by atoms with Crippen molar-refractivity contribution in [3.63, 3.8) is 0 Å². The van der Waals surface area contributed by atoms with E-state index in [4.69, 9.17) is 16.0 Å². The third-order valence-corrected chi connectivity index (χ3v) is 13.8. The quantitative estimate of drug-likeness (QED) is 0.180. The molecule has 1 heterocycles. The topological polar surface area (TPSA) is 32.8 Å². The van der Waals surface area contributed by atoms with Crippen LogP contribution in [0.3, 0.4) is 0 Å². The number of thioether (sulfide) groups is 1. The molecule has 4 rings (SSSR count). The van der Waals surface area contributed by atoms with Gasteiger partial charge in [-0.3, -0.25) is 9.69 Å². The monoisotopic (exact) mass is 648 g/mol. The predicted octanol–water partition coefficient (Wildman–Crippen LogP) is 9.03. The van der Waals surface area contributed by atoms with E-state index >= 15 is 0 Å². The summed E-state index contributed by atoms with van der Waals surface area (Å²) in [5.41, 5.74) is 1.36. The molecule has 0 N–H and O–H groups in total. The fourth-order valence-electron chi connectivity index (χ4n) is 4.97. The number of carbonyl (C=O) groups is 1. The summed E-state index contributed by atoms with van der Waals surface area (Å²) in [6.45, 7) is 13.2. The Hall–Kier alpha value is -2.46. The van der Waals surface area contributed by atoms with Crippen molar-refractivity contribution in [1.29, 1.82) is 0 Å². The number of rotatable bonds is 8. The molecule has 1 atom stereocenters. The highest BCUT2D eigenvalue weighted by Crippen LogP contribution is 2.40. The predicted molar refractivity (Wildman–Crippen MR) is 173 cm³/mol. The van der Waals surface area contributed by atoms with Gasteiger partial charge in [0.15, 0.2) is 0 Å². The first kappa shape index (κ1) is 33.4. The fraction of sp³-hybridized carbons (Fsp3) is 0.424. The molecule has 4 nitrogen and oxygen atoms in total. The second-order valence-corrected chi connectivity index (χ2v) is 18.7. The van der Waals surface area contributed by atoms with Crippen LogP contribution in [0.15, 0.2) is 71.6 Å². The molecule has 1 aliphatic heterocycles.